The van der Waals surface area contributed by atoms with Crippen molar-refractivity contribution in [2.24, 2.45) is 0 Å². The van der Waals surface area contributed by atoms with Crippen LogP contribution < -0.4 is 22.5 Å². The molecule has 0 saturated heterocycles. The molecule has 6 heterocycles. The lowest BCUT2D eigenvalue weighted by Crippen LogP contribution is -2.34. The quantitative estimate of drug-likeness (QED) is 0.00883. The summed E-state index contributed by atoms with van der Waals surface area (Å²) in [6.07, 6.45) is 3.43. The Hall–Kier alpha value is -14.7. The number of rotatable bonds is 18. The van der Waals surface area contributed by atoms with Gasteiger partial charge in [0.25, 0.3) is 40.4 Å². The molecule has 0 aliphatic carbocycles. The number of methoxy groups -OCH3 is 4. The first-order valence-electron chi connectivity index (χ1n) is 42.5. The van der Waals surface area contributed by atoms with Crippen LogP contribution in [0.4, 0.5) is 56.9 Å². The van der Waals surface area contributed by atoms with Crippen molar-refractivity contribution in [2.45, 2.75) is 99.0 Å². The molecule has 0 amide bonds. The van der Waals surface area contributed by atoms with Crippen molar-refractivity contribution in [1.82, 2.24) is 48.6 Å². The summed E-state index contributed by atoms with van der Waals surface area (Å²) < 4.78 is 28.4. The van der Waals surface area contributed by atoms with Crippen molar-refractivity contribution in [3.63, 3.8) is 0 Å². The number of nitro benzene ring substituents is 5. The molecule has 0 saturated carbocycles. The number of aromatic nitrogens is 10. The first kappa shape index (κ1) is 114. The first-order valence-corrected chi connectivity index (χ1v) is 47.2. The lowest BCUT2D eigenvalue weighted by molar-refractivity contribution is -0.385. The van der Waals surface area contributed by atoms with Gasteiger partial charge in [-0.25, -0.2) is 34.7 Å². The number of hydrogen-bond acceptors (Lipinski definition) is 25. The number of halogens is 6. The summed E-state index contributed by atoms with van der Waals surface area (Å²) in [5.74, 6) is 1.69. The number of nitrogens with two attached hydrogens (primary N) is 3. The SMILES string of the molecule is BrCc1ccccc1.C.CC(=O)O.COC(C)(OC)OC.COC1(C)Cc2c(Br)cc([N+](=O)[O-])cc2N1.Cc1nc2c(-c3ccccc3)cc(N)cc2n1Cc1ccccc1.Cc1nc2c(-c3ccccc3)cc([N+](=O)[O-])cc2n1Cc1ccccc1.Cc1nc2c(Br)cc([N+](=O)[O-])cc2[nH]1.Cc1nc2c(Br)cc([N+](=O)[O-])cc2n1Cc1ccccc1.Nc1cc([N+](=O)[O-])cc(Br)c1N.[C-]#[N+]c1cnc(Cl)nc1. The van der Waals surface area contributed by atoms with Crippen LogP contribution in [0.25, 0.3) is 71.2 Å². The number of alkyl halides is 1. The highest BCUT2D eigenvalue weighted by atomic mass is 79.9. The number of hydrogen-bond donors (Lipinski definition) is 6. The van der Waals surface area contributed by atoms with Gasteiger partial charge in [0.2, 0.25) is 11.0 Å². The fourth-order valence-corrected chi connectivity index (χ4v) is 16.3. The van der Waals surface area contributed by atoms with Crippen LogP contribution in [-0.4, -0.2) is 124 Å². The van der Waals surface area contributed by atoms with E-state index in [1.807, 2.05) is 182 Å². The van der Waals surface area contributed by atoms with Crippen LogP contribution in [0.2, 0.25) is 5.28 Å². The maximum Gasteiger partial charge on any atom is 0.300 e. The lowest BCUT2D eigenvalue weighted by Gasteiger charge is -2.23. The van der Waals surface area contributed by atoms with E-state index in [-0.39, 0.29) is 56.7 Å². The van der Waals surface area contributed by atoms with Gasteiger partial charge < -0.3 is 65.3 Å². The first-order chi connectivity index (χ1) is 67.6. The Balaban J connectivity index is 0.000000201. The highest BCUT2D eigenvalue weighted by Gasteiger charge is 2.35. The maximum atomic E-state index is 11.5. The van der Waals surface area contributed by atoms with Crippen LogP contribution in [0.1, 0.15) is 79.3 Å². The minimum Gasteiger partial charge on any atom is -0.481 e. The molecule has 12 aromatic carbocycles. The monoisotopic (exact) mass is 2280 g/mol. The number of carboxylic acids is 1. The Bertz CT molecular complexity index is 7270. The number of nitrogens with one attached hydrogen (secondary N) is 2. The number of non-ortho nitro benzene ring substituents is 5. The number of imidazole rings is 4. The van der Waals surface area contributed by atoms with Crippen molar-refractivity contribution in [3.05, 3.63) is 403 Å². The van der Waals surface area contributed by atoms with Crippen molar-refractivity contribution in [1.29, 1.82) is 0 Å². The maximum absolute atomic E-state index is 11.5. The number of anilines is 4. The van der Waals surface area contributed by atoms with Crippen LogP contribution in [0, 0.1) is 84.8 Å². The number of nitrogen functional groups attached to an aromatic ring is 3. The third kappa shape index (κ3) is 32.2. The molecule has 1 aliphatic heterocycles. The van der Waals surface area contributed by atoms with Gasteiger partial charge in [0.05, 0.1) is 84.6 Å². The summed E-state index contributed by atoms with van der Waals surface area (Å²) in [5, 5.41) is 65.8. The van der Waals surface area contributed by atoms with E-state index in [1.165, 1.54) is 87.3 Å². The molecule has 9 N–H and O–H groups in total. The minimum atomic E-state index is -0.875. The summed E-state index contributed by atoms with van der Waals surface area (Å²) in [6.45, 7) is 20.9. The number of carbonyl (C=O) groups is 1. The lowest BCUT2D eigenvalue weighted by atomic mass is 10.0. The number of ether oxygens (including phenoxy) is 4. The number of aryl methyl sites for hydroxylation is 4. The van der Waals surface area contributed by atoms with Crippen LogP contribution in [0.3, 0.4) is 0 Å². The molecule has 1 aliphatic rings. The van der Waals surface area contributed by atoms with E-state index in [2.05, 4.69) is 168 Å². The van der Waals surface area contributed by atoms with E-state index in [1.54, 1.807) is 39.2 Å². The zero-order valence-electron chi connectivity index (χ0n) is 78.2. The van der Waals surface area contributed by atoms with Crippen molar-refractivity contribution >= 4 is 198 Å². The Morgan fingerprint density at radius 2 is 0.853 bits per heavy atom. The summed E-state index contributed by atoms with van der Waals surface area (Å²) in [6, 6.07) is 79.5. The highest BCUT2D eigenvalue weighted by molar-refractivity contribution is 9.11. The fourth-order valence-electron chi connectivity index (χ4n) is 13.8. The van der Waals surface area contributed by atoms with Gasteiger partial charge in [0.15, 0.2) is 0 Å². The molecule has 0 bridgehead atoms. The second kappa shape index (κ2) is 53.8. The molecule has 18 rings (SSSR count). The molecule has 0 radical (unpaired) electrons. The molecule has 17 aromatic rings. The molecule has 0 fully saturated rings. The molecule has 1 atom stereocenters. The van der Waals surface area contributed by atoms with Crippen LogP contribution >= 0.6 is 91.3 Å². The molecular formula is C101H100Br5ClN20O16. The Morgan fingerprint density at radius 3 is 1.24 bits per heavy atom. The zero-order valence-corrected chi connectivity index (χ0v) is 86.9. The number of aromatic amines is 1. The van der Waals surface area contributed by atoms with Gasteiger partial charge in [-0.3, -0.25) is 55.4 Å². The van der Waals surface area contributed by atoms with Crippen molar-refractivity contribution in [3.8, 4) is 22.3 Å². The Morgan fingerprint density at radius 1 is 0.503 bits per heavy atom. The zero-order chi connectivity index (χ0) is 104. The number of benzene rings is 12. The van der Waals surface area contributed by atoms with Gasteiger partial charge in [0.1, 0.15) is 40.1 Å². The number of H-pyrrole nitrogens is 1. The van der Waals surface area contributed by atoms with E-state index in [0.717, 1.165) is 130 Å². The summed E-state index contributed by atoms with van der Waals surface area (Å²) in [4.78, 5) is 92.4. The number of fused-ring (bicyclic) bond motifs is 5. The Kier molecular flexibility index (Phi) is 42.7. The summed E-state index contributed by atoms with van der Waals surface area (Å²) >= 11 is 21.7. The number of nitro groups is 5. The average molecular weight is 2290 g/mol. The van der Waals surface area contributed by atoms with Crippen LogP contribution in [0.15, 0.2) is 285 Å². The molecule has 742 valence electrons. The number of aliphatic carboxylic acids is 1. The van der Waals surface area contributed by atoms with Gasteiger partial charge in [0, 0.05) is 178 Å². The van der Waals surface area contributed by atoms with Gasteiger partial charge >= 0.3 is 0 Å². The summed E-state index contributed by atoms with van der Waals surface area (Å²) in [5.41, 5.74) is 35.5. The van der Waals surface area contributed by atoms with Gasteiger partial charge in [-0.15, -0.1) is 0 Å². The van der Waals surface area contributed by atoms with Gasteiger partial charge in [-0.2, -0.15) is 0 Å². The molecule has 143 heavy (non-hydrogen) atoms. The molecule has 36 nitrogen and oxygen atoms in total. The van der Waals surface area contributed by atoms with E-state index < -0.39 is 32.4 Å². The Labute approximate surface area is 869 Å². The molecule has 1 unspecified atom stereocenters. The van der Waals surface area contributed by atoms with E-state index >= 15 is 0 Å². The molecule has 42 heteroatoms. The standard InChI is InChI=1S/C21H17N3O2.C21H19N3.C15H12BrN3O2.C10H11BrN2O3.C8H6BrN3O2.C7H7Br.C6H6BrN3O2.C5H2ClN3.C5H12O3.C2H4O2.CH4/c1-15-22-21-19(17-10-6-3-7-11-17)12-18(24(25)26)13-20(21)23(15)14-16-8-4-2-5-9-16;1-15-23-21-19(17-10-6-3-7-11-17)12-18(22)13-20(21)24(15)14-16-8-4-2-5-9-16;1-10-17-15-13(16)7-12(19(20)21)8-14(15)18(10)9-11-5-3-2-4-6-11;1-10(16-2)5-7-8(11)3-6(13(14)15)4-9(7)12-10;1-4-10-7-3-5(12(13)14)2-6(9)8(7)11-4;8-6-7-4-2-1-3-5-7;7-4-1-3(10(11)12)2-5(8)6(4)9;1-7-4-2-8-5(6)9-3-4;1-5(6-2,7-3)8-4;1-2(3)4;/h2-13H,14H2,1H3;2-13H,14,22H2,1H3;2-8H,9H2,1H3;3-4,12H,5H2,1-2H3;2-3H,1H3,(H,10,11);1-5H,6H2;1-2H,8-9H2;2-3H;1-4H3;1H3,(H,3,4);1H4. The van der Waals surface area contributed by atoms with Crippen molar-refractivity contribution in [2.75, 3.05) is 51.0 Å². The van der Waals surface area contributed by atoms with Gasteiger partial charge in [-0.1, -0.05) is 221 Å². The van der Waals surface area contributed by atoms with Gasteiger partial charge in [-0.05, 0) is 145 Å². The molecular weight excluding hydrogens is 2180 g/mol. The molecule has 5 aromatic heterocycles. The predicted molar refractivity (Wildman–Crippen MR) is 577 cm³/mol. The van der Waals surface area contributed by atoms with Crippen LogP contribution in [0.5, 0.6) is 0 Å². The van der Waals surface area contributed by atoms with E-state index in [0.29, 0.717) is 55.3 Å². The largest absolute Gasteiger partial charge is 0.481 e. The third-order valence-corrected chi connectivity index (χ3v) is 24.4. The minimum absolute atomic E-state index is 0. The van der Waals surface area contributed by atoms with Crippen molar-refractivity contribution < 1.29 is 53.5 Å². The molecule has 0 spiro atoms. The second-order valence-electron chi connectivity index (χ2n) is 31.0. The average Bonchev–Trinajstić information content (AvgIpc) is 1.63. The van der Waals surface area contributed by atoms with E-state index in [4.69, 9.17) is 74.2 Å². The topological polar surface area (TPSA) is 492 Å². The summed E-state index contributed by atoms with van der Waals surface area (Å²) in [7, 11) is 6.17. The number of nitrogens with zero attached hydrogens (tertiary/aromatic N) is 15. The second-order valence-corrected chi connectivity index (χ2v) is 35.3. The smallest absolute Gasteiger partial charge is 0.300 e. The predicted octanol–water partition coefficient (Wildman–Crippen LogP) is 26.0. The fraction of sp³-hybridized carbons (Fsp3) is 0.188. The van der Waals surface area contributed by atoms with E-state index in [9.17, 15) is 50.6 Å². The highest BCUT2D eigenvalue weighted by Crippen LogP contribution is 2.42. The number of carboxylic acid groups (broad SMARTS) is 1. The third-order valence-electron chi connectivity index (χ3n) is 21.0. The normalized spacial score (nSPS) is 11.7. The van der Waals surface area contributed by atoms with Crippen LogP contribution in [-0.2, 0) is 55.1 Å².